The lowest BCUT2D eigenvalue weighted by atomic mass is 10.1. The maximum atomic E-state index is 13.2. The standard InChI is InChI=1S/C18H25N3O4S/c1-14-10-19-20(4)17(14)26(22,23)21-11-16(25-18(2,3)13-21)12-24-15-8-6-5-7-9-15/h5-10,16H,11-13H2,1-4H3. The van der Waals surface area contributed by atoms with Crippen molar-refractivity contribution in [3.8, 4) is 5.75 Å². The zero-order valence-electron chi connectivity index (χ0n) is 15.5. The number of aromatic nitrogens is 2. The quantitative estimate of drug-likeness (QED) is 0.794. The van der Waals surface area contributed by atoms with E-state index in [-0.39, 0.29) is 30.8 Å². The summed E-state index contributed by atoms with van der Waals surface area (Å²) in [5.74, 6) is 0.733. The number of hydrogen-bond acceptors (Lipinski definition) is 5. The average Bonchev–Trinajstić information content (AvgIpc) is 2.92. The van der Waals surface area contributed by atoms with Crippen molar-refractivity contribution in [2.45, 2.75) is 37.5 Å². The van der Waals surface area contributed by atoms with Crippen LogP contribution in [0, 0.1) is 6.92 Å². The van der Waals surface area contributed by atoms with Crippen molar-refractivity contribution in [3.05, 3.63) is 42.1 Å². The van der Waals surface area contributed by atoms with E-state index in [1.807, 2.05) is 44.2 Å². The summed E-state index contributed by atoms with van der Waals surface area (Å²) in [5.41, 5.74) is 0.0246. The van der Waals surface area contributed by atoms with E-state index in [0.717, 1.165) is 5.75 Å². The first-order valence-electron chi connectivity index (χ1n) is 8.53. The van der Waals surface area contributed by atoms with Crippen LogP contribution in [0.4, 0.5) is 0 Å². The molecule has 1 aliphatic rings. The van der Waals surface area contributed by atoms with Gasteiger partial charge in [-0.25, -0.2) is 8.42 Å². The van der Waals surface area contributed by atoms with Gasteiger partial charge in [-0.3, -0.25) is 4.68 Å². The third-order valence-electron chi connectivity index (χ3n) is 4.27. The van der Waals surface area contributed by atoms with E-state index in [1.165, 1.54) is 8.99 Å². The van der Waals surface area contributed by atoms with Crippen LogP contribution in [0.15, 0.2) is 41.6 Å². The van der Waals surface area contributed by atoms with E-state index in [0.29, 0.717) is 5.56 Å². The molecule has 0 bridgehead atoms. The summed E-state index contributed by atoms with van der Waals surface area (Å²) in [6.07, 6.45) is 1.20. The summed E-state index contributed by atoms with van der Waals surface area (Å²) < 4.78 is 41.0. The number of rotatable bonds is 5. The Morgan fingerprint density at radius 2 is 2.00 bits per heavy atom. The second-order valence-corrected chi connectivity index (χ2v) is 9.03. The second kappa shape index (κ2) is 7.02. The average molecular weight is 379 g/mol. The van der Waals surface area contributed by atoms with Crippen LogP contribution in [0.1, 0.15) is 19.4 Å². The lowest BCUT2D eigenvalue weighted by molar-refractivity contribution is -0.128. The first-order valence-corrected chi connectivity index (χ1v) is 9.97. The molecule has 1 saturated heterocycles. The molecule has 1 atom stereocenters. The molecule has 0 spiro atoms. The van der Waals surface area contributed by atoms with Gasteiger partial charge in [0.15, 0.2) is 5.03 Å². The molecule has 26 heavy (non-hydrogen) atoms. The number of nitrogens with zero attached hydrogens (tertiary/aromatic N) is 3. The monoisotopic (exact) mass is 379 g/mol. The molecule has 1 aliphatic heterocycles. The van der Waals surface area contributed by atoms with Crippen LogP contribution in [-0.2, 0) is 21.8 Å². The van der Waals surface area contributed by atoms with E-state index >= 15 is 0 Å². The topological polar surface area (TPSA) is 73.7 Å². The van der Waals surface area contributed by atoms with Gasteiger partial charge in [-0.15, -0.1) is 0 Å². The van der Waals surface area contributed by atoms with Gasteiger partial charge >= 0.3 is 0 Å². The smallest absolute Gasteiger partial charge is 0.260 e. The van der Waals surface area contributed by atoms with Crippen LogP contribution >= 0.6 is 0 Å². The molecule has 7 nitrogen and oxygen atoms in total. The summed E-state index contributed by atoms with van der Waals surface area (Å²) in [6, 6.07) is 9.42. The van der Waals surface area contributed by atoms with Crippen LogP contribution in [-0.4, -0.2) is 53.9 Å². The molecular weight excluding hydrogens is 354 g/mol. The highest BCUT2D eigenvalue weighted by Crippen LogP contribution is 2.28. The molecule has 1 aromatic heterocycles. The van der Waals surface area contributed by atoms with E-state index in [4.69, 9.17) is 9.47 Å². The van der Waals surface area contributed by atoms with Crippen molar-refractivity contribution in [2.75, 3.05) is 19.7 Å². The summed E-state index contributed by atoms with van der Waals surface area (Å²) in [4.78, 5) is 0. The summed E-state index contributed by atoms with van der Waals surface area (Å²) in [7, 11) is -2.03. The molecule has 1 unspecified atom stereocenters. The summed E-state index contributed by atoms with van der Waals surface area (Å²) in [6.45, 7) is 6.33. The predicted molar refractivity (Wildman–Crippen MR) is 97.6 cm³/mol. The van der Waals surface area contributed by atoms with E-state index in [1.54, 1.807) is 20.2 Å². The molecule has 1 aromatic carbocycles. The number of hydrogen-bond donors (Lipinski definition) is 0. The minimum absolute atomic E-state index is 0.220. The van der Waals surface area contributed by atoms with Crippen LogP contribution < -0.4 is 4.74 Å². The number of ether oxygens (including phenoxy) is 2. The number of aryl methyl sites for hydroxylation is 2. The lowest BCUT2D eigenvalue weighted by Gasteiger charge is -2.41. The molecule has 0 N–H and O–H groups in total. The number of morpholine rings is 1. The minimum atomic E-state index is -3.67. The van der Waals surface area contributed by atoms with Crippen LogP contribution in [0.25, 0.3) is 0 Å². The first kappa shape index (κ1) is 18.9. The highest BCUT2D eigenvalue weighted by molar-refractivity contribution is 7.89. The first-order chi connectivity index (χ1) is 12.2. The fraction of sp³-hybridized carbons (Fsp3) is 0.500. The molecule has 2 aromatic rings. The molecule has 142 valence electrons. The molecular formula is C18H25N3O4S. The van der Waals surface area contributed by atoms with Crippen molar-refractivity contribution in [2.24, 2.45) is 7.05 Å². The molecule has 2 heterocycles. The maximum Gasteiger partial charge on any atom is 0.260 e. The maximum absolute atomic E-state index is 13.2. The largest absolute Gasteiger partial charge is 0.491 e. The number of para-hydroxylation sites is 1. The van der Waals surface area contributed by atoms with Gasteiger partial charge in [-0.1, -0.05) is 18.2 Å². The van der Waals surface area contributed by atoms with Gasteiger partial charge in [0, 0.05) is 25.7 Å². The molecule has 0 aliphatic carbocycles. The Morgan fingerprint density at radius 1 is 1.31 bits per heavy atom. The SMILES string of the molecule is Cc1cnn(C)c1S(=O)(=O)N1CC(COc2ccccc2)OC(C)(C)C1. The summed E-state index contributed by atoms with van der Waals surface area (Å²) >= 11 is 0. The molecule has 1 fully saturated rings. The fourth-order valence-electron chi connectivity index (χ4n) is 3.25. The van der Waals surface area contributed by atoms with Gasteiger partial charge in [-0.2, -0.15) is 9.40 Å². The Morgan fingerprint density at radius 3 is 2.62 bits per heavy atom. The zero-order valence-corrected chi connectivity index (χ0v) is 16.4. The van der Waals surface area contributed by atoms with Crippen molar-refractivity contribution in [1.29, 1.82) is 0 Å². The third-order valence-corrected chi connectivity index (χ3v) is 6.30. The van der Waals surface area contributed by atoms with E-state index < -0.39 is 15.6 Å². The van der Waals surface area contributed by atoms with Crippen molar-refractivity contribution < 1.29 is 17.9 Å². The van der Waals surface area contributed by atoms with Crippen LogP contribution in [0.2, 0.25) is 0 Å². The molecule has 0 amide bonds. The highest BCUT2D eigenvalue weighted by atomic mass is 32.2. The van der Waals surface area contributed by atoms with Crippen molar-refractivity contribution in [3.63, 3.8) is 0 Å². The van der Waals surface area contributed by atoms with Crippen LogP contribution in [0.5, 0.6) is 5.75 Å². The van der Waals surface area contributed by atoms with Gasteiger partial charge in [0.2, 0.25) is 0 Å². The van der Waals surface area contributed by atoms with E-state index in [2.05, 4.69) is 5.10 Å². The fourth-order valence-corrected chi connectivity index (χ4v) is 5.18. The van der Waals surface area contributed by atoms with E-state index in [9.17, 15) is 8.42 Å². The van der Waals surface area contributed by atoms with Crippen LogP contribution in [0.3, 0.4) is 0 Å². The lowest BCUT2D eigenvalue weighted by Crippen LogP contribution is -2.56. The second-order valence-electron chi connectivity index (χ2n) is 7.18. The summed E-state index contributed by atoms with van der Waals surface area (Å²) in [5, 5.41) is 4.28. The number of benzene rings is 1. The number of sulfonamides is 1. The Bertz CT molecular complexity index is 842. The zero-order chi connectivity index (χ0) is 18.9. The van der Waals surface area contributed by atoms with Crippen molar-refractivity contribution in [1.82, 2.24) is 14.1 Å². The molecule has 0 radical (unpaired) electrons. The third kappa shape index (κ3) is 3.92. The minimum Gasteiger partial charge on any atom is -0.491 e. The Kier molecular flexibility index (Phi) is 5.09. The highest BCUT2D eigenvalue weighted by Gasteiger charge is 2.41. The van der Waals surface area contributed by atoms with Gasteiger partial charge < -0.3 is 9.47 Å². The van der Waals surface area contributed by atoms with Gasteiger partial charge in [0.05, 0.1) is 11.8 Å². The Hall–Kier alpha value is -1.90. The molecule has 3 rings (SSSR count). The Balaban J connectivity index is 1.79. The predicted octanol–water partition coefficient (Wildman–Crippen LogP) is 1.98. The molecule has 8 heteroatoms. The molecule has 0 saturated carbocycles. The van der Waals surface area contributed by atoms with Gasteiger partial charge in [0.1, 0.15) is 18.5 Å². The normalized spacial score (nSPS) is 20.8. The van der Waals surface area contributed by atoms with Crippen molar-refractivity contribution >= 4 is 10.0 Å². The van der Waals surface area contributed by atoms with Gasteiger partial charge in [-0.05, 0) is 32.9 Å². The Labute approximate surface area is 154 Å². The van der Waals surface area contributed by atoms with Gasteiger partial charge in [0.25, 0.3) is 10.0 Å².